The van der Waals surface area contributed by atoms with Crippen molar-refractivity contribution < 1.29 is 14.7 Å². The number of carboxylic acid groups (broad SMARTS) is 1. The highest BCUT2D eigenvalue weighted by Gasteiger charge is 2.40. The van der Waals surface area contributed by atoms with Gasteiger partial charge in [-0.25, -0.2) is 4.79 Å². The molecule has 0 bridgehead atoms. The summed E-state index contributed by atoms with van der Waals surface area (Å²) in [6.07, 6.45) is 2.44. The minimum Gasteiger partial charge on any atom is -0.481 e. The molecule has 2 N–H and O–H groups in total. The average Bonchev–Trinajstić information content (AvgIpc) is 2.38. The van der Waals surface area contributed by atoms with Gasteiger partial charge in [0.2, 0.25) is 0 Å². The van der Waals surface area contributed by atoms with Crippen LogP contribution in [0.3, 0.4) is 0 Å². The summed E-state index contributed by atoms with van der Waals surface area (Å²) in [5.74, 6) is -0.864. The second-order valence-electron chi connectivity index (χ2n) is 5.92. The zero-order valence-electron chi connectivity index (χ0n) is 12.6. The van der Waals surface area contributed by atoms with Gasteiger partial charge in [0.05, 0.1) is 12.0 Å². The van der Waals surface area contributed by atoms with Gasteiger partial charge in [0.1, 0.15) is 0 Å². The number of urea groups is 1. The van der Waals surface area contributed by atoms with E-state index in [2.05, 4.69) is 5.32 Å². The van der Waals surface area contributed by atoms with E-state index in [4.69, 9.17) is 5.11 Å². The summed E-state index contributed by atoms with van der Waals surface area (Å²) in [5, 5.41) is 11.9. The van der Waals surface area contributed by atoms with Crippen molar-refractivity contribution in [3.63, 3.8) is 0 Å². The highest BCUT2D eigenvalue weighted by atomic mass is 16.4. The van der Waals surface area contributed by atoms with E-state index in [-0.39, 0.29) is 12.5 Å². The van der Waals surface area contributed by atoms with Crippen molar-refractivity contribution >= 4 is 12.0 Å². The van der Waals surface area contributed by atoms with Crippen molar-refractivity contribution in [1.82, 2.24) is 10.2 Å². The minimum atomic E-state index is -0.864. The first-order valence-corrected chi connectivity index (χ1v) is 7.21. The third-order valence-corrected chi connectivity index (χ3v) is 4.19. The summed E-state index contributed by atoms with van der Waals surface area (Å²) in [7, 11) is 1.73. The Hall–Kier alpha value is -2.04. The molecule has 1 aliphatic rings. The molecule has 2 rings (SSSR count). The van der Waals surface area contributed by atoms with Crippen LogP contribution in [0.25, 0.3) is 0 Å². The Balaban J connectivity index is 1.96. The average molecular weight is 290 g/mol. The molecule has 1 fully saturated rings. The van der Waals surface area contributed by atoms with Gasteiger partial charge < -0.3 is 15.3 Å². The number of amides is 2. The lowest BCUT2D eigenvalue weighted by Gasteiger charge is -2.42. The van der Waals surface area contributed by atoms with Gasteiger partial charge in [0.25, 0.3) is 0 Å². The van der Waals surface area contributed by atoms with Gasteiger partial charge in [-0.1, -0.05) is 24.3 Å². The van der Waals surface area contributed by atoms with Crippen LogP contribution >= 0.6 is 0 Å². The number of hydrogen-bond acceptors (Lipinski definition) is 2. The molecule has 0 saturated heterocycles. The minimum absolute atomic E-state index is 0.00303. The van der Waals surface area contributed by atoms with Crippen LogP contribution < -0.4 is 5.32 Å². The predicted octanol–water partition coefficient (Wildman–Crippen LogP) is 2.53. The van der Waals surface area contributed by atoms with E-state index in [0.717, 1.165) is 30.4 Å². The number of carboxylic acids is 1. The molecule has 0 unspecified atom stereocenters. The molecular formula is C16H22N2O3. The van der Waals surface area contributed by atoms with Crippen LogP contribution in [-0.2, 0) is 11.3 Å². The third kappa shape index (κ3) is 3.74. The molecule has 1 aliphatic carbocycles. The number of aryl methyl sites for hydroxylation is 1. The molecule has 21 heavy (non-hydrogen) atoms. The summed E-state index contributed by atoms with van der Waals surface area (Å²) >= 11 is 0. The van der Waals surface area contributed by atoms with Crippen LogP contribution in [0.5, 0.6) is 0 Å². The van der Waals surface area contributed by atoms with E-state index in [1.165, 1.54) is 0 Å². The molecule has 5 heteroatoms. The van der Waals surface area contributed by atoms with Crippen molar-refractivity contribution in [1.29, 1.82) is 0 Å². The Morgan fingerprint density at radius 2 is 2.00 bits per heavy atom. The first-order chi connectivity index (χ1) is 9.92. The number of nitrogens with zero attached hydrogens (tertiary/aromatic N) is 1. The maximum Gasteiger partial charge on any atom is 0.317 e. The maximum atomic E-state index is 12.3. The summed E-state index contributed by atoms with van der Waals surface area (Å²) in [4.78, 5) is 24.8. The van der Waals surface area contributed by atoms with Gasteiger partial charge in [0.15, 0.2) is 0 Å². The molecule has 1 aromatic rings. The van der Waals surface area contributed by atoms with Gasteiger partial charge in [0, 0.05) is 13.6 Å². The van der Waals surface area contributed by atoms with Gasteiger partial charge in [-0.15, -0.1) is 0 Å². The van der Waals surface area contributed by atoms with E-state index in [9.17, 15) is 9.59 Å². The number of nitrogens with one attached hydrogen (secondary N) is 1. The lowest BCUT2D eigenvalue weighted by molar-refractivity contribution is -0.139. The normalized spacial score (nSPS) is 15.9. The molecule has 0 spiro atoms. The lowest BCUT2D eigenvalue weighted by Crippen LogP contribution is -2.57. The summed E-state index contributed by atoms with van der Waals surface area (Å²) in [6.45, 7) is 2.53. The van der Waals surface area contributed by atoms with Crippen LogP contribution in [0.4, 0.5) is 4.79 Å². The zero-order chi connectivity index (χ0) is 15.5. The summed E-state index contributed by atoms with van der Waals surface area (Å²) < 4.78 is 0. The molecular weight excluding hydrogens is 268 g/mol. The molecule has 114 valence electrons. The quantitative estimate of drug-likeness (QED) is 0.875. The molecule has 5 nitrogen and oxygen atoms in total. The molecule has 0 aliphatic heterocycles. The van der Waals surface area contributed by atoms with Crippen molar-refractivity contribution in [3.05, 3.63) is 35.4 Å². The second-order valence-corrected chi connectivity index (χ2v) is 5.92. The first-order valence-electron chi connectivity index (χ1n) is 7.21. The molecule has 0 radical (unpaired) electrons. The van der Waals surface area contributed by atoms with E-state index in [1.54, 1.807) is 11.9 Å². The van der Waals surface area contributed by atoms with E-state index < -0.39 is 11.5 Å². The summed E-state index contributed by atoms with van der Waals surface area (Å²) in [5.41, 5.74) is 1.68. The number of rotatable bonds is 5. The van der Waals surface area contributed by atoms with Gasteiger partial charge in [-0.2, -0.15) is 0 Å². The number of carbonyl (C=O) groups excluding carboxylic acids is 1. The van der Waals surface area contributed by atoms with Crippen LogP contribution in [-0.4, -0.2) is 34.6 Å². The van der Waals surface area contributed by atoms with Crippen LogP contribution in [0.15, 0.2) is 24.3 Å². The highest BCUT2D eigenvalue weighted by molar-refractivity contribution is 5.77. The van der Waals surface area contributed by atoms with Crippen molar-refractivity contribution in [3.8, 4) is 0 Å². The molecule has 0 atom stereocenters. The Morgan fingerprint density at radius 1 is 1.33 bits per heavy atom. The Labute approximate surface area is 125 Å². The Kier molecular flexibility index (Phi) is 4.50. The maximum absolute atomic E-state index is 12.3. The second kappa shape index (κ2) is 6.16. The van der Waals surface area contributed by atoms with Gasteiger partial charge in [-0.3, -0.25) is 4.79 Å². The first kappa shape index (κ1) is 15.4. The van der Waals surface area contributed by atoms with Crippen LogP contribution in [0.2, 0.25) is 0 Å². The number of benzene rings is 1. The third-order valence-electron chi connectivity index (χ3n) is 4.19. The van der Waals surface area contributed by atoms with E-state index in [0.29, 0.717) is 6.54 Å². The Morgan fingerprint density at radius 3 is 2.52 bits per heavy atom. The van der Waals surface area contributed by atoms with E-state index in [1.807, 2.05) is 31.2 Å². The largest absolute Gasteiger partial charge is 0.481 e. The number of aliphatic carboxylic acids is 1. The number of hydrogen-bond donors (Lipinski definition) is 2. The topological polar surface area (TPSA) is 69.6 Å². The lowest BCUT2D eigenvalue weighted by atomic mass is 9.74. The smallest absolute Gasteiger partial charge is 0.317 e. The summed E-state index contributed by atoms with van der Waals surface area (Å²) in [6, 6.07) is 7.72. The van der Waals surface area contributed by atoms with Crippen molar-refractivity contribution in [2.24, 2.45) is 0 Å². The number of carbonyl (C=O) groups is 2. The highest BCUT2D eigenvalue weighted by Crippen LogP contribution is 2.35. The fraction of sp³-hybridized carbons (Fsp3) is 0.500. The van der Waals surface area contributed by atoms with Crippen molar-refractivity contribution in [2.45, 2.75) is 44.7 Å². The van der Waals surface area contributed by atoms with Gasteiger partial charge in [-0.05, 0) is 37.3 Å². The fourth-order valence-corrected chi connectivity index (χ4v) is 2.68. The monoisotopic (exact) mass is 290 g/mol. The zero-order valence-corrected chi connectivity index (χ0v) is 12.6. The van der Waals surface area contributed by atoms with E-state index >= 15 is 0 Å². The molecule has 0 heterocycles. The van der Waals surface area contributed by atoms with Crippen molar-refractivity contribution in [2.75, 3.05) is 7.05 Å². The molecule has 1 saturated carbocycles. The fourth-order valence-electron chi connectivity index (χ4n) is 2.68. The standard InChI is InChI=1S/C16H22N2O3/c1-12-6-3-4-7-13(12)11-18(2)15(21)17-16(8-5-9-16)10-14(19)20/h3-4,6-7H,5,8-11H2,1-2H3,(H,17,21)(H,19,20). The van der Waals surface area contributed by atoms with Crippen LogP contribution in [0, 0.1) is 6.92 Å². The molecule has 1 aromatic carbocycles. The molecule has 0 aromatic heterocycles. The SMILES string of the molecule is Cc1ccccc1CN(C)C(=O)NC1(CC(=O)O)CCC1. The Bertz CT molecular complexity index is 538. The predicted molar refractivity (Wildman–Crippen MR) is 80.0 cm³/mol. The van der Waals surface area contributed by atoms with Crippen LogP contribution in [0.1, 0.15) is 36.8 Å². The van der Waals surface area contributed by atoms with Gasteiger partial charge >= 0.3 is 12.0 Å². The molecule has 2 amide bonds.